The zero-order valence-electron chi connectivity index (χ0n) is 18.0. The number of carbonyl (C=O) groups is 1. The molecule has 2 aromatic heterocycles. The van der Waals surface area contributed by atoms with Crippen molar-refractivity contribution in [2.24, 2.45) is 5.73 Å². The predicted octanol–water partition coefficient (Wildman–Crippen LogP) is 3.73. The van der Waals surface area contributed by atoms with Gasteiger partial charge in [-0.3, -0.25) is 9.78 Å². The molecule has 1 aliphatic rings. The predicted molar refractivity (Wildman–Crippen MR) is 125 cm³/mol. The van der Waals surface area contributed by atoms with Gasteiger partial charge in [-0.05, 0) is 42.5 Å². The maximum Gasteiger partial charge on any atom is 0.237 e. The van der Waals surface area contributed by atoms with Gasteiger partial charge in [0.2, 0.25) is 5.91 Å². The molecule has 0 atom stereocenters. The molecule has 0 saturated carbocycles. The number of nitrogens with two attached hydrogens (primary N) is 1. The summed E-state index contributed by atoms with van der Waals surface area (Å²) in [6.07, 6.45) is 5.73. The Balaban J connectivity index is 1.31. The minimum Gasteiger partial charge on any atom is -0.497 e. The number of amides is 1. The van der Waals surface area contributed by atoms with Crippen LogP contribution in [0.15, 0.2) is 60.9 Å². The highest BCUT2D eigenvalue weighted by atomic mass is 16.5. The van der Waals surface area contributed by atoms with Crippen LogP contribution in [0.25, 0.3) is 21.8 Å². The summed E-state index contributed by atoms with van der Waals surface area (Å²) < 4.78 is 13.7. The van der Waals surface area contributed by atoms with Gasteiger partial charge in [-0.25, -0.2) is 0 Å². The van der Waals surface area contributed by atoms with E-state index in [1.54, 1.807) is 7.11 Å². The second kappa shape index (κ2) is 8.42. The lowest BCUT2D eigenvalue weighted by molar-refractivity contribution is -0.118. The molecule has 0 radical (unpaired) electrons. The van der Waals surface area contributed by atoms with E-state index in [0.29, 0.717) is 0 Å². The lowest BCUT2D eigenvalue weighted by Gasteiger charge is -2.34. The molecule has 1 saturated heterocycles. The molecular formula is C25H26N4O3. The van der Waals surface area contributed by atoms with Gasteiger partial charge < -0.3 is 24.7 Å². The van der Waals surface area contributed by atoms with Crippen LogP contribution in [0.4, 0.5) is 5.69 Å². The third kappa shape index (κ3) is 3.82. The average Bonchev–Trinajstić information content (AvgIpc) is 3.22. The van der Waals surface area contributed by atoms with Gasteiger partial charge >= 0.3 is 0 Å². The van der Waals surface area contributed by atoms with Gasteiger partial charge in [-0.15, -0.1) is 0 Å². The Morgan fingerprint density at radius 3 is 2.75 bits per heavy atom. The fourth-order valence-corrected chi connectivity index (χ4v) is 4.51. The summed E-state index contributed by atoms with van der Waals surface area (Å²) in [6.45, 7) is 1.97. The summed E-state index contributed by atoms with van der Waals surface area (Å²) in [5, 5.41) is 2.11. The highest BCUT2D eigenvalue weighted by Crippen LogP contribution is 2.33. The zero-order chi connectivity index (χ0) is 22.1. The van der Waals surface area contributed by atoms with Crippen LogP contribution in [-0.4, -0.2) is 41.8 Å². The molecule has 0 bridgehead atoms. The van der Waals surface area contributed by atoms with Crippen LogP contribution >= 0.6 is 0 Å². The monoisotopic (exact) mass is 430 g/mol. The van der Waals surface area contributed by atoms with Crippen LogP contribution in [-0.2, 0) is 11.3 Å². The third-order valence-corrected chi connectivity index (χ3v) is 6.10. The van der Waals surface area contributed by atoms with Crippen molar-refractivity contribution in [3.8, 4) is 11.5 Å². The van der Waals surface area contributed by atoms with Gasteiger partial charge in [-0.2, -0.15) is 0 Å². The molecule has 164 valence electrons. The van der Waals surface area contributed by atoms with E-state index in [-0.39, 0.29) is 18.6 Å². The second-order valence-corrected chi connectivity index (χ2v) is 8.12. The van der Waals surface area contributed by atoms with Crippen molar-refractivity contribution in [1.29, 1.82) is 0 Å². The molecule has 3 heterocycles. The van der Waals surface area contributed by atoms with Crippen LogP contribution in [0.5, 0.6) is 11.5 Å². The van der Waals surface area contributed by atoms with Crippen molar-refractivity contribution in [2.75, 3.05) is 25.1 Å². The largest absolute Gasteiger partial charge is 0.497 e. The van der Waals surface area contributed by atoms with Crippen molar-refractivity contribution in [2.45, 2.75) is 25.5 Å². The standard InChI is InChI=1S/C25H26N4O3/c1-31-18-5-6-21-20(15-18)23(7-11-27-21)28-12-8-17(9-13-28)32-24-4-2-3-22-19(24)10-14-29(22)16-25(26)30/h2-7,10-11,14-15,17H,8-9,12-13,16H2,1H3,(H2,26,30). The molecule has 1 amide bonds. The summed E-state index contributed by atoms with van der Waals surface area (Å²) in [5.41, 5.74) is 8.47. The van der Waals surface area contributed by atoms with Crippen molar-refractivity contribution in [3.05, 3.63) is 60.9 Å². The summed E-state index contributed by atoms with van der Waals surface area (Å²) in [6, 6.07) is 16.0. The first-order valence-corrected chi connectivity index (χ1v) is 10.8. The molecule has 2 aromatic carbocycles. The van der Waals surface area contributed by atoms with Crippen LogP contribution in [0.3, 0.4) is 0 Å². The Labute approximate surface area is 186 Å². The van der Waals surface area contributed by atoms with Crippen LogP contribution in [0, 0.1) is 0 Å². The van der Waals surface area contributed by atoms with Crippen molar-refractivity contribution in [3.63, 3.8) is 0 Å². The number of hydrogen-bond donors (Lipinski definition) is 1. The van der Waals surface area contributed by atoms with E-state index < -0.39 is 0 Å². The number of carbonyl (C=O) groups excluding carboxylic acids is 1. The van der Waals surface area contributed by atoms with E-state index in [9.17, 15) is 4.79 Å². The Morgan fingerprint density at radius 2 is 1.97 bits per heavy atom. The van der Waals surface area contributed by atoms with Crippen molar-refractivity contribution >= 4 is 33.4 Å². The molecule has 0 spiro atoms. The average molecular weight is 431 g/mol. The maximum absolute atomic E-state index is 11.3. The second-order valence-electron chi connectivity index (χ2n) is 8.12. The molecule has 7 heteroatoms. The van der Waals surface area contributed by atoms with Gasteiger partial charge in [0, 0.05) is 54.8 Å². The zero-order valence-corrected chi connectivity index (χ0v) is 18.0. The summed E-state index contributed by atoms with van der Waals surface area (Å²) in [7, 11) is 1.68. The van der Waals surface area contributed by atoms with Gasteiger partial charge in [-0.1, -0.05) is 6.07 Å². The molecule has 1 fully saturated rings. The minimum absolute atomic E-state index is 0.138. The number of methoxy groups -OCH3 is 1. The van der Waals surface area contributed by atoms with Gasteiger partial charge in [0.05, 0.1) is 18.1 Å². The van der Waals surface area contributed by atoms with E-state index in [1.165, 1.54) is 5.69 Å². The highest BCUT2D eigenvalue weighted by molar-refractivity contribution is 5.92. The summed E-state index contributed by atoms with van der Waals surface area (Å²) >= 11 is 0. The van der Waals surface area contributed by atoms with E-state index in [1.807, 2.05) is 53.4 Å². The molecule has 0 unspecified atom stereocenters. The van der Waals surface area contributed by atoms with Crippen molar-refractivity contribution < 1.29 is 14.3 Å². The number of rotatable bonds is 6. The smallest absolute Gasteiger partial charge is 0.237 e. The first kappa shape index (κ1) is 20.2. The molecule has 7 nitrogen and oxygen atoms in total. The van der Waals surface area contributed by atoms with Crippen LogP contribution in [0.1, 0.15) is 12.8 Å². The highest BCUT2D eigenvalue weighted by Gasteiger charge is 2.23. The number of fused-ring (bicyclic) bond motifs is 2. The number of piperidine rings is 1. The molecular weight excluding hydrogens is 404 g/mol. The Kier molecular flexibility index (Phi) is 5.31. The van der Waals surface area contributed by atoms with E-state index >= 15 is 0 Å². The fourth-order valence-electron chi connectivity index (χ4n) is 4.51. The first-order valence-electron chi connectivity index (χ1n) is 10.8. The first-order chi connectivity index (χ1) is 15.6. The molecule has 1 aliphatic heterocycles. The number of nitrogens with zero attached hydrogens (tertiary/aromatic N) is 3. The molecule has 0 aliphatic carbocycles. The van der Waals surface area contributed by atoms with Crippen LogP contribution in [0.2, 0.25) is 0 Å². The normalized spacial score (nSPS) is 14.7. The number of pyridine rings is 1. The number of ether oxygens (including phenoxy) is 2. The third-order valence-electron chi connectivity index (χ3n) is 6.10. The lowest BCUT2D eigenvalue weighted by Crippen LogP contribution is -2.38. The number of hydrogen-bond acceptors (Lipinski definition) is 5. The van der Waals surface area contributed by atoms with Gasteiger partial charge in [0.1, 0.15) is 24.1 Å². The number of anilines is 1. The quantitative estimate of drug-likeness (QED) is 0.504. The summed E-state index contributed by atoms with van der Waals surface area (Å²) in [4.78, 5) is 18.2. The van der Waals surface area contributed by atoms with Gasteiger partial charge in [0.25, 0.3) is 0 Å². The number of primary amides is 1. The Hall–Kier alpha value is -3.74. The molecule has 32 heavy (non-hydrogen) atoms. The number of benzene rings is 2. The van der Waals surface area contributed by atoms with E-state index in [0.717, 1.165) is 59.2 Å². The minimum atomic E-state index is -0.359. The maximum atomic E-state index is 11.3. The number of aromatic nitrogens is 2. The Morgan fingerprint density at radius 1 is 1.12 bits per heavy atom. The lowest BCUT2D eigenvalue weighted by atomic mass is 10.0. The van der Waals surface area contributed by atoms with E-state index in [2.05, 4.69) is 22.0 Å². The molecule has 4 aromatic rings. The van der Waals surface area contributed by atoms with Gasteiger partial charge in [0.15, 0.2) is 0 Å². The van der Waals surface area contributed by atoms with Crippen LogP contribution < -0.4 is 20.1 Å². The fraction of sp³-hybridized carbons (Fsp3) is 0.280. The van der Waals surface area contributed by atoms with Crippen molar-refractivity contribution in [1.82, 2.24) is 9.55 Å². The SMILES string of the molecule is COc1ccc2nccc(N3CCC(Oc4cccc5c4ccn5CC(N)=O)CC3)c2c1. The molecule has 2 N–H and O–H groups in total. The topological polar surface area (TPSA) is 82.6 Å². The van der Waals surface area contributed by atoms with E-state index in [4.69, 9.17) is 15.2 Å². The molecule has 5 rings (SSSR count). The summed E-state index contributed by atoms with van der Waals surface area (Å²) in [5.74, 6) is 1.33. The Bertz CT molecular complexity index is 1270.